The van der Waals surface area contributed by atoms with Crippen LogP contribution in [-0.4, -0.2) is 23.5 Å². The smallest absolute Gasteiger partial charge is 0.319 e. The average Bonchev–Trinajstić information content (AvgIpc) is 2.35. The van der Waals surface area contributed by atoms with Crippen molar-refractivity contribution in [1.29, 1.82) is 0 Å². The van der Waals surface area contributed by atoms with Crippen LogP contribution in [0.2, 0.25) is 0 Å². The molecule has 0 unspecified atom stereocenters. The van der Waals surface area contributed by atoms with Gasteiger partial charge >= 0.3 is 29.7 Å². The molecule has 0 aliphatic rings. The Morgan fingerprint density at radius 1 is 1.00 bits per heavy atom. The highest BCUT2D eigenvalue weighted by molar-refractivity contribution is 6.22. The number of carbonyl (C=O) groups is 1. The molecule has 0 saturated carbocycles. The Morgan fingerprint density at radius 2 is 1.54 bits per heavy atom. The van der Waals surface area contributed by atoms with Crippen molar-refractivity contribution in [2.24, 2.45) is 0 Å². The summed E-state index contributed by atoms with van der Waals surface area (Å²) in [6.07, 6.45) is -16.3. The lowest BCUT2D eigenvalue weighted by atomic mass is 10.2. The van der Waals surface area contributed by atoms with E-state index in [2.05, 4.69) is 16.3 Å². The summed E-state index contributed by atoms with van der Waals surface area (Å²) in [5.41, 5.74) is -2.21. The number of halogens is 10. The molecule has 0 heterocycles. The van der Waals surface area contributed by atoms with Crippen molar-refractivity contribution in [2.75, 3.05) is 5.32 Å². The number of rotatable bonds is 5. The van der Waals surface area contributed by atoms with Crippen LogP contribution < -0.4 is 5.32 Å². The maximum Gasteiger partial charge on any atom is 0.441 e. The van der Waals surface area contributed by atoms with E-state index in [0.29, 0.717) is 6.07 Å². The zero-order chi connectivity index (χ0) is 19.0. The molecular formula is C11H5ClF9NO2. The molecule has 0 bridgehead atoms. The number of carbonyl (C=O) groups excluding carboxylic acids is 1. The van der Waals surface area contributed by atoms with E-state index < -0.39 is 40.9 Å². The Hall–Kier alpha value is -1.69. The third kappa shape index (κ3) is 4.90. The van der Waals surface area contributed by atoms with Crippen molar-refractivity contribution in [3.05, 3.63) is 29.8 Å². The van der Waals surface area contributed by atoms with Crippen molar-refractivity contribution in [3.8, 4) is 0 Å². The van der Waals surface area contributed by atoms with Gasteiger partial charge < -0.3 is 5.32 Å². The molecule has 0 spiro atoms. The topological polar surface area (TPSA) is 38.3 Å². The van der Waals surface area contributed by atoms with Crippen molar-refractivity contribution in [2.45, 2.75) is 23.8 Å². The fourth-order valence-corrected chi connectivity index (χ4v) is 1.28. The average molecular weight is 390 g/mol. The first-order valence-corrected chi connectivity index (χ1v) is 5.95. The molecule has 3 nitrogen and oxygen atoms in total. The second-order valence-electron chi connectivity index (χ2n) is 4.17. The Labute approximate surface area is 132 Å². The maximum atomic E-state index is 13.1. The predicted molar refractivity (Wildman–Crippen MR) is 61.9 cm³/mol. The maximum absolute atomic E-state index is 13.1. The summed E-state index contributed by atoms with van der Waals surface area (Å²) in [4.78, 5) is 11.1. The first-order valence-electron chi connectivity index (χ1n) is 5.57. The SMILES string of the molecule is O=C(Nc1cccc(C(F)(F)F)c1)C(F)(F)OC(F)(F)C(F)(F)Cl. The van der Waals surface area contributed by atoms with Crippen LogP contribution in [0.1, 0.15) is 5.56 Å². The number of nitrogens with one attached hydrogen (secondary N) is 1. The highest BCUT2D eigenvalue weighted by Gasteiger charge is 2.63. The summed E-state index contributed by atoms with van der Waals surface area (Å²) < 4.78 is 116. The minimum atomic E-state index is -5.93. The number of hydrogen-bond acceptors (Lipinski definition) is 2. The Kier molecular flexibility index (Phi) is 5.36. The van der Waals surface area contributed by atoms with Crippen molar-refractivity contribution >= 4 is 23.2 Å². The molecule has 1 amide bonds. The second kappa shape index (κ2) is 6.31. The van der Waals surface area contributed by atoms with Gasteiger partial charge in [-0.3, -0.25) is 4.79 Å². The van der Waals surface area contributed by atoms with Gasteiger partial charge in [0.1, 0.15) is 0 Å². The standard InChI is InChI=1S/C11H5ClF9NO2/c12-10(18,19)11(20,21)24-9(16,17)7(23)22-6-3-1-2-5(4-6)8(13,14)15/h1-4H,(H,22,23). The van der Waals surface area contributed by atoms with Crippen LogP contribution in [0.5, 0.6) is 0 Å². The molecule has 1 N–H and O–H groups in total. The van der Waals surface area contributed by atoms with E-state index in [-0.39, 0.29) is 6.07 Å². The minimum absolute atomic E-state index is 0.211. The minimum Gasteiger partial charge on any atom is -0.319 e. The number of ether oxygens (including phenoxy) is 1. The Bertz CT molecular complexity index is 612. The fraction of sp³-hybridized carbons (Fsp3) is 0.364. The van der Waals surface area contributed by atoms with Crippen LogP contribution in [0.15, 0.2) is 24.3 Å². The summed E-state index contributed by atoms with van der Waals surface area (Å²) >= 11 is 3.87. The van der Waals surface area contributed by atoms with E-state index >= 15 is 0 Å². The molecule has 0 aliphatic heterocycles. The van der Waals surface area contributed by atoms with E-state index in [1.54, 1.807) is 0 Å². The molecule has 0 aliphatic carbocycles. The van der Waals surface area contributed by atoms with Gasteiger partial charge in [-0.25, -0.2) is 4.74 Å². The van der Waals surface area contributed by atoms with E-state index in [1.165, 1.54) is 0 Å². The van der Waals surface area contributed by atoms with Crippen LogP contribution in [-0.2, 0) is 15.7 Å². The summed E-state index contributed by atoms with van der Waals surface area (Å²) in [7, 11) is 0. The van der Waals surface area contributed by atoms with Crippen LogP contribution in [0.4, 0.5) is 45.2 Å². The molecule has 0 atom stereocenters. The summed E-state index contributed by atoms with van der Waals surface area (Å²) in [5.74, 6) is -2.71. The molecule has 1 aromatic rings. The Morgan fingerprint density at radius 3 is 2.00 bits per heavy atom. The first kappa shape index (κ1) is 20.4. The van der Waals surface area contributed by atoms with Gasteiger partial charge in [0.25, 0.3) is 0 Å². The van der Waals surface area contributed by atoms with Gasteiger partial charge in [0, 0.05) is 5.69 Å². The number of hydrogen-bond donors (Lipinski definition) is 1. The quantitative estimate of drug-likeness (QED) is 0.587. The zero-order valence-corrected chi connectivity index (χ0v) is 11.7. The normalized spacial score (nSPS) is 13.8. The molecule has 0 aromatic heterocycles. The molecular weight excluding hydrogens is 385 g/mol. The van der Waals surface area contributed by atoms with Gasteiger partial charge in [-0.1, -0.05) is 6.07 Å². The Balaban J connectivity index is 2.95. The van der Waals surface area contributed by atoms with Gasteiger partial charge in [-0.2, -0.15) is 39.5 Å². The van der Waals surface area contributed by atoms with Crippen LogP contribution in [0.3, 0.4) is 0 Å². The molecule has 1 rings (SSSR count). The summed E-state index contributed by atoms with van der Waals surface area (Å²) in [6.45, 7) is 0. The molecule has 0 radical (unpaired) electrons. The monoisotopic (exact) mass is 389 g/mol. The molecule has 136 valence electrons. The predicted octanol–water partition coefficient (Wildman–Crippen LogP) is 4.68. The van der Waals surface area contributed by atoms with Crippen LogP contribution in [0.25, 0.3) is 0 Å². The number of amides is 1. The largest absolute Gasteiger partial charge is 0.441 e. The van der Waals surface area contributed by atoms with Gasteiger partial charge in [0.2, 0.25) is 0 Å². The van der Waals surface area contributed by atoms with Gasteiger partial charge in [0.05, 0.1) is 5.56 Å². The van der Waals surface area contributed by atoms with Crippen LogP contribution >= 0.6 is 11.6 Å². The lowest BCUT2D eigenvalue weighted by Crippen LogP contribution is -2.48. The number of alkyl halides is 10. The van der Waals surface area contributed by atoms with E-state index in [9.17, 15) is 44.3 Å². The number of benzene rings is 1. The van der Waals surface area contributed by atoms with Crippen molar-refractivity contribution < 1.29 is 49.0 Å². The highest BCUT2D eigenvalue weighted by atomic mass is 35.5. The summed E-state index contributed by atoms with van der Waals surface area (Å²) in [5, 5.41) is -4.43. The van der Waals surface area contributed by atoms with Gasteiger partial charge in [-0.15, -0.1) is 0 Å². The third-order valence-electron chi connectivity index (χ3n) is 2.30. The fourth-order valence-electron chi connectivity index (χ4n) is 1.24. The van der Waals surface area contributed by atoms with E-state index in [0.717, 1.165) is 17.4 Å². The lowest BCUT2D eigenvalue weighted by molar-refractivity contribution is -0.398. The second-order valence-corrected chi connectivity index (χ2v) is 4.64. The van der Waals surface area contributed by atoms with Crippen molar-refractivity contribution in [3.63, 3.8) is 0 Å². The third-order valence-corrected chi connectivity index (χ3v) is 2.52. The van der Waals surface area contributed by atoms with Gasteiger partial charge in [-0.05, 0) is 29.8 Å². The lowest BCUT2D eigenvalue weighted by Gasteiger charge is -2.25. The molecule has 0 fully saturated rings. The number of anilines is 1. The van der Waals surface area contributed by atoms with E-state index in [4.69, 9.17) is 0 Å². The molecule has 1 aromatic carbocycles. The molecule has 24 heavy (non-hydrogen) atoms. The van der Waals surface area contributed by atoms with E-state index in [1.807, 2.05) is 0 Å². The van der Waals surface area contributed by atoms with Crippen molar-refractivity contribution in [1.82, 2.24) is 0 Å². The van der Waals surface area contributed by atoms with Gasteiger partial charge in [0.15, 0.2) is 0 Å². The molecule has 13 heteroatoms. The first-order chi connectivity index (χ1) is 10.6. The summed E-state index contributed by atoms with van der Waals surface area (Å²) in [6, 6.07) is 2.19. The highest BCUT2D eigenvalue weighted by Crippen LogP contribution is 2.42. The zero-order valence-electron chi connectivity index (χ0n) is 10.9. The molecule has 0 saturated heterocycles. The van der Waals surface area contributed by atoms with Crippen LogP contribution in [0, 0.1) is 0 Å².